The number of carbonyl (C=O) groups excluding carboxylic acids is 1. The number of benzene rings is 1. The summed E-state index contributed by atoms with van der Waals surface area (Å²) in [5.41, 5.74) is 0.782. The van der Waals surface area contributed by atoms with E-state index in [0.29, 0.717) is 10.8 Å². The normalized spacial score (nSPS) is 10.4. The molecule has 0 aliphatic carbocycles. The van der Waals surface area contributed by atoms with Gasteiger partial charge in [0, 0.05) is 10.7 Å². The Morgan fingerprint density at radius 3 is 2.89 bits per heavy atom. The van der Waals surface area contributed by atoms with Crippen LogP contribution in [0, 0.1) is 6.92 Å². The van der Waals surface area contributed by atoms with Gasteiger partial charge >= 0.3 is 0 Å². The Labute approximate surface area is 118 Å². The van der Waals surface area contributed by atoms with Gasteiger partial charge in [0.05, 0.1) is 10.7 Å². The molecule has 0 saturated carbocycles. The zero-order valence-electron chi connectivity index (χ0n) is 9.56. The highest BCUT2D eigenvalue weighted by molar-refractivity contribution is 9.10. The Hall–Kier alpha value is -1.33. The Bertz CT molecular complexity index is 583. The van der Waals surface area contributed by atoms with Crippen molar-refractivity contribution in [3.63, 3.8) is 0 Å². The van der Waals surface area contributed by atoms with E-state index in [4.69, 9.17) is 16.3 Å². The summed E-state index contributed by atoms with van der Waals surface area (Å²) in [6.45, 7) is 1.71. The molecule has 0 spiro atoms. The minimum absolute atomic E-state index is 0.109. The average Bonchev–Trinajstić information content (AvgIpc) is 2.74. The van der Waals surface area contributed by atoms with E-state index in [2.05, 4.69) is 21.0 Å². The van der Waals surface area contributed by atoms with Gasteiger partial charge in [-0.15, -0.1) is 0 Å². The van der Waals surface area contributed by atoms with E-state index in [1.807, 2.05) is 6.92 Å². The number of aromatic nitrogens is 2. The van der Waals surface area contributed by atoms with E-state index < -0.39 is 0 Å². The highest BCUT2D eigenvalue weighted by atomic mass is 79.9. The van der Waals surface area contributed by atoms with Gasteiger partial charge in [0.25, 0.3) is 5.91 Å². The van der Waals surface area contributed by atoms with Crippen LogP contribution < -0.4 is 4.74 Å². The molecule has 6 heteroatoms. The number of nitrogens with zero attached hydrogens (tertiary/aromatic N) is 2. The van der Waals surface area contributed by atoms with Crippen LogP contribution in [0.3, 0.4) is 0 Å². The van der Waals surface area contributed by atoms with E-state index in [9.17, 15) is 4.79 Å². The third-order valence-corrected chi connectivity index (χ3v) is 3.01. The first-order chi connectivity index (χ1) is 8.56. The monoisotopic (exact) mass is 328 g/mol. The molecule has 0 amide bonds. The molecule has 0 fully saturated rings. The zero-order valence-corrected chi connectivity index (χ0v) is 11.9. The maximum absolute atomic E-state index is 11.7. The second-order valence-electron chi connectivity index (χ2n) is 3.66. The summed E-state index contributed by atoms with van der Waals surface area (Å²) in [7, 11) is 0. The molecule has 1 aromatic heterocycles. The maximum Gasteiger partial charge on any atom is 0.284 e. The molecule has 0 N–H and O–H groups in total. The molecule has 2 aromatic rings. The summed E-state index contributed by atoms with van der Waals surface area (Å²) in [6.07, 6.45) is 1.60. The van der Waals surface area contributed by atoms with Crippen LogP contribution in [0.5, 0.6) is 5.75 Å². The van der Waals surface area contributed by atoms with E-state index in [1.54, 1.807) is 30.5 Å². The van der Waals surface area contributed by atoms with Crippen molar-refractivity contribution in [2.75, 3.05) is 6.61 Å². The number of carbonyl (C=O) groups is 1. The van der Waals surface area contributed by atoms with Crippen molar-refractivity contribution in [1.29, 1.82) is 0 Å². The number of rotatable bonds is 3. The molecule has 0 radical (unpaired) electrons. The topological polar surface area (TPSA) is 44.1 Å². The fraction of sp³-hybridized carbons (Fsp3) is 0.167. The lowest BCUT2D eigenvalue weighted by atomic mass is 10.3. The second-order valence-corrected chi connectivity index (χ2v) is 4.98. The lowest BCUT2D eigenvalue weighted by Gasteiger charge is -2.07. The summed E-state index contributed by atoms with van der Waals surface area (Å²) in [6, 6.07) is 6.96. The summed E-state index contributed by atoms with van der Waals surface area (Å²) in [5, 5.41) is 4.46. The molecule has 0 bridgehead atoms. The van der Waals surface area contributed by atoms with E-state index in [0.717, 1.165) is 10.2 Å². The smallest absolute Gasteiger partial charge is 0.284 e. The molecule has 0 atom stereocenters. The minimum Gasteiger partial charge on any atom is -0.482 e. The fourth-order valence-electron chi connectivity index (χ4n) is 1.35. The van der Waals surface area contributed by atoms with Crippen LogP contribution in [0.25, 0.3) is 0 Å². The van der Waals surface area contributed by atoms with Crippen LogP contribution in [0.2, 0.25) is 5.02 Å². The van der Waals surface area contributed by atoms with E-state index >= 15 is 0 Å². The van der Waals surface area contributed by atoms with Gasteiger partial charge in [0.1, 0.15) is 5.75 Å². The number of hydrogen-bond acceptors (Lipinski definition) is 3. The van der Waals surface area contributed by atoms with Crippen LogP contribution in [0.4, 0.5) is 0 Å². The number of hydrogen-bond donors (Lipinski definition) is 0. The Balaban J connectivity index is 2.01. The summed E-state index contributed by atoms with van der Waals surface area (Å²) >= 11 is 9.27. The third-order valence-electron chi connectivity index (χ3n) is 2.22. The first kappa shape index (κ1) is 13.1. The van der Waals surface area contributed by atoms with E-state index in [1.165, 1.54) is 4.68 Å². The van der Waals surface area contributed by atoms with Gasteiger partial charge in [-0.25, -0.2) is 4.68 Å². The Morgan fingerprint density at radius 2 is 2.28 bits per heavy atom. The first-order valence-electron chi connectivity index (χ1n) is 5.19. The van der Waals surface area contributed by atoms with Crippen molar-refractivity contribution < 1.29 is 9.53 Å². The van der Waals surface area contributed by atoms with Crippen molar-refractivity contribution in [3.8, 4) is 5.75 Å². The third kappa shape index (κ3) is 3.11. The van der Waals surface area contributed by atoms with Gasteiger partial charge in [0.2, 0.25) is 0 Å². The largest absolute Gasteiger partial charge is 0.482 e. The number of ether oxygens (including phenoxy) is 1. The van der Waals surface area contributed by atoms with Gasteiger partial charge in [-0.05, 0) is 31.2 Å². The molecular formula is C12H10BrClN2O2. The summed E-state index contributed by atoms with van der Waals surface area (Å²) in [5.74, 6) is 0.221. The molecule has 4 nitrogen and oxygen atoms in total. The van der Waals surface area contributed by atoms with Crippen molar-refractivity contribution >= 4 is 33.4 Å². The predicted molar refractivity (Wildman–Crippen MR) is 72.2 cm³/mol. The lowest BCUT2D eigenvalue weighted by molar-refractivity contribution is 0.0821. The Kier molecular flexibility index (Phi) is 4.04. The zero-order chi connectivity index (χ0) is 13.1. The fourth-order valence-corrected chi connectivity index (χ4v) is 2.08. The van der Waals surface area contributed by atoms with Gasteiger partial charge in [-0.3, -0.25) is 4.79 Å². The molecule has 0 aliphatic rings. The molecule has 0 saturated heterocycles. The van der Waals surface area contributed by atoms with Crippen molar-refractivity contribution in [1.82, 2.24) is 9.78 Å². The average molecular weight is 330 g/mol. The first-order valence-corrected chi connectivity index (χ1v) is 6.36. The molecule has 0 unspecified atom stereocenters. The van der Waals surface area contributed by atoms with Crippen LogP contribution in [-0.4, -0.2) is 22.3 Å². The van der Waals surface area contributed by atoms with Gasteiger partial charge in [-0.2, -0.15) is 5.10 Å². The number of aryl methyl sites for hydroxylation is 1. The van der Waals surface area contributed by atoms with Crippen LogP contribution in [0.15, 0.2) is 34.9 Å². The minimum atomic E-state index is -0.248. The molecule has 1 heterocycles. The maximum atomic E-state index is 11.7. The van der Waals surface area contributed by atoms with Crippen LogP contribution >= 0.6 is 27.5 Å². The highest BCUT2D eigenvalue weighted by Gasteiger charge is 2.09. The standard InChI is InChI=1S/C12H10BrClN2O2/c1-8-4-5-16(15-8)12(17)7-18-11-3-2-9(13)6-10(11)14/h2-6H,7H2,1H3. The van der Waals surface area contributed by atoms with Gasteiger partial charge < -0.3 is 4.74 Å². The summed E-state index contributed by atoms with van der Waals surface area (Å²) in [4.78, 5) is 11.7. The molecule has 18 heavy (non-hydrogen) atoms. The van der Waals surface area contributed by atoms with Gasteiger partial charge in [-0.1, -0.05) is 27.5 Å². The quantitative estimate of drug-likeness (QED) is 0.867. The predicted octanol–water partition coefficient (Wildman–Crippen LogP) is 3.33. The van der Waals surface area contributed by atoms with Crippen molar-refractivity contribution in [2.45, 2.75) is 6.92 Å². The molecular weight excluding hydrogens is 320 g/mol. The SMILES string of the molecule is Cc1ccn(C(=O)COc2ccc(Br)cc2Cl)n1. The second kappa shape index (κ2) is 5.54. The van der Waals surface area contributed by atoms with Gasteiger partial charge in [0.15, 0.2) is 6.61 Å². The molecule has 2 rings (SSSR count). The molecule has 94 valence electrons. The van der Waals surface area contributed by atoms with Crippen molar-refractivity contribution in [3.05, 3.63) is 45.7 Å². The molecule has 1 aromatic carbocycles. The van der Waals surface area contributed by atoms with Crippen LogP contribution in [-0.2, 0) is 0 Å². The van der Waals surface area contributed by atoms with Crippen LogP contribution in [0.1, 0.15) is 10.5 Å². The lowest BCUT2D eigenvalue weighted by Crippen LogP contribution is -2.19. The highest BCUT2D eigenvalue weighted by Crippen LogP contribution is 2.27. The summed E-state index contributed by atoms with van der Waals surface area (Å²) < 4.78 is 7.46. The van der Waals surface area contributed by atoms with E-state index in [-0.39, 0.29) is 12.5 Å². The number of halogens is 2. The molecule has 0 aliphatic heterocycles. The van der Waals surface area contributed by atoms with Crippen molar-refractivity contribution in [2.24, 2.45) is 0 Å². The Morgan fingerprint density at radius 1 is 1.50 bits per heavy atom.